The van der Waals surface area contributed by atoms with Crippen molar-refractivity contribution in [3.05, 3.63) is 0 Å². The molecule has 2 bridgehead atoms. The molecular weight excluding hydrogens is 302 g/mol. The van der Waals surface area contributed by atoms with Crippen molar-refractivity contribution in [2.75, 3.05) is 0 Å². The normalized spacial score (nSPS) is 31.6. The molecule has 1 amide bonds. The molecule has 3 rings (SSSR count). The molecule has 2 unspecified atom stereocenters. The molecule has 0 aromatic heterocycles. The number of ketones is 1. The standard InChI is InChI=1S/C20H33NO3/c1-20(2,3)24-19(23)21-16-10-11-17(21)13-15(12-16)18(22)14-8-6-4-5-7-9-14/h14-17H,4-13H2,1-3H3. The van der Waals surface area contributed by atoms with E-state index in [1.165, 1.54) is 25.7 Å². The molecule has 2 saturated heterocycles. The van der Waals surface area contributed by atoms with Gasteiger partial charge >= 0.3 is 6.09 Å². The Morgan fingerprint density at radius 3 is 1.88 bits per heavy atom. The van der Waals surface area contributed by atoms with Gasteiger partial charge in [0.25, 0.3) is 0 Å². The van der Waals surface area contributed by atoms with Crippen molar-refractivity contribution in [2.45, 2.75) is 103 Å². The molecule has 2 aliphatic heterocycles. The zero-order valence-electron chi connectivity index (χ0n) is 15.6. The Labute approximate surface area is 146 Å². The Hall–Kier alpha value is -1.06. The summed E-state index contributed by atoms with van der Waals surface area (Å²) in [6.45, 7) is 5.74. The van der Waals surface area contributed by atoms with E-state index in [1.807, 2.05) is 25.7 Å². The van der Waals surface area contributed by atoms with Crippen LogP contribution >= 0.6 is 0 Å². The number of ether oxygens (including phenoxy) is 1. The van der Waals surface area contributed by atoms with Crippen LogP contribution in [0.4, 0.5) is 4.79 Å². The van der Waals surface area contributed by atoms with Crippen LogP contribution in [0, 0.1) is 11.8 Å². The quantitative estimate of drug-likeness (QED) is 0.687. The fourth-order valence-electron chi connectivity index (χ4n) is 4.92. The molecule has 1 aliphatic carbocycles. The second-order valence-corrected chi connectivity index (χ2v) is 9.03. The fourth-order valence-corrected chi connectivity index (χ4v) is 4.92. The summed E-state index contributed by atoms with van der Waals surface area (Å²) in [5, 5.41) is 0. The summed E-state index contributed by atoms with van der Waals surface area (Å²) in [6, 6.07) is 0.414. The predicted octanol–water partition coefficient (Wildman–Crippen LogP) is 4.70. The molecule has 0 aromatic rings. The SMILES string of the molecule is CC(C)(C)OC(=O)N1C2CCC1CC(C(=O)C1CCCCCC1)C2. The number of piperidine rings is 1. The van der Waals surface area contributed by atoms with Gasteiger partial charge in [0.2, 0.25) is 0 Å². The van der Waals surface area contributed by atoms with Gasteiger partial charge in [-0.25, -0.2) is 4.79 Å². The lowest BCUT2D eigenvalue weighted by Crippen LogP contribution is -2.50. The van der Waals surface area contributed by atoms with Gasteiger partial charge in [-0.1, -0.05) is 25.7 Å². The van der Waals surface area contributed by atoms with Crippen molar-refractivity contribution >= 4 is 11.9 Å². The third-order valence-corrected chi connectivity index (χ3v) is 6.00. The molecular formula is C20H33NO3. The number of carbonyl (C=O) groups is 2. The minimum atomic E-state index is -0.455. The van der Waals surface area contributed by atoms with Crippen LogP contribution in [0.3, 0.4) is 0 Å². The first-order chi connectivity index (χ1) is 11.3. The molecule has 3 aliphatic rings. The zero-order valence-corrected chi connectivity index (χ0v) is 15.6. The molecule has 0 radical (unpaired) electrons. The molecule has 2 heterocycles. The van der Waals surface area contributed by atoms with Crippen LogP contribution in [0.2, 0.25) is 0 Å². The first kappa shape index (κ1) is 17.8. The monoisotopic (exact) mass is 335 g/mol. The number of hydrogen-bond acceptors (Lipinski definition) is 3. The van der Waals surface area contributed by atoms with Gasteiger partial charge in [-0.15, -0.1) is 0 Å². The molecule has 1 saturated carbocycles. The number of Topliss-reactive ketones (excluding diaryl/α,β-unsaturated/α-hetero) is 1. The third-order valence-electron chi connectivity index (χ3n) is 6.00. The zero-order chi connectivity index (χ0) is 17.3. The Morgan fingerprint density at radius 2 is 1.38 bits per heavy atom. The third kappa shape index (κ3) is 3.94. The van der Waals surface area contributed by atoms with Gasteiger partial charge in [-0.2, -0.15) is 0 Å². The number of nitrogens with zero attached hydrogens (tertiary/aromatic N) is 1. The maximum Gasteiger partial charge on any atom is 0.410 e. The highest BCUT2D eigenvalue weighted by Crippen LogP contribution is 2.41. The van der Waals surface area contributed by atoms with E-state index in [0.717, 1.165) is 38.5 Å². The van der Waals surface area contributed by atoms with Crippen LogP contribution < -0.4 is 0 Å². The molecule has 136 valence electrons. The largest absolute Gasteiger partial charge is 0.444 e. The maximum atomic E-state index is 13.0. The van der Waals surface area contributed by atoms with Crippen LogP contribution in [-0.2, 0) is 9.53 Å². The first-order valence-electron chi connectivity index (χ1n) is 9.90. The van der Waals surface area contributed by atoms with E-state index in [1.54, 1.807) is 0 Å². The van der Waals surface area contributed by atoms with E-state index >= 15 is 0 Å². The van der Waals surface area contributed by atoms with Gasteiger partial charge in [0, 0.05) is 23.9 Å². The topological polar surface area (TPSA) is 46.6 Å². The summed E-state index contributed by atoms with van der Waals surface area (Å²) in [5.41, 5.74) is -0.455. The average Bonchev–Trinajstić information content (AvgIpc) is 2.72. The number of fused-ring (bicyclic) bond motifs is 2. The van der Waals surface area contributed by atoms with Gasteiger partial charge < -0.3 is 9.64 Å². The van der Waals surface area contributed by atoms with Crippen molar-refractivity contribution in [3.63, 3.8) is 0 Å². The van der Waals surface area contributed by atoms with Crippen molar-refractivity contribution in [2.24, 2.45) is 11.8 Å². The summed E-state index contributed by atoms with van der Waals surface area (Å²) in [7, 11) is 0. The van der Waals surface area contributed by atoms with Gasteiger partial charge in [0.15, 0.2) is 0 Å². The highest BCUT2D eigenvalue weighted by atomic mass is 16.6. The summed E-state index contributed by atoms with van der Waals surface area (Å²) in [6.07, 6.45) is 10.7. The summed E-state index contributed by atoms with van der Waals surface area (Å²) in [4.78, 5) is 27.5. The van der Waals surface area contributed by atoms with Gasteiger partial charge in [0.05, 0.1) is 0 Å². The molecule has 0 aromatic carbocycles. The van der Waals surface area contributed by atoms with Gasteiger partial charge in [-0.05, 0) is 59.3 Å². The summed E-state index contributed by atoms with van der Waals surface area (Å²) in [5.74, 6) is 0.951. The molecule has 4 heteroatoms. The van der Waals surface area contributed by atoms with Crippen LogP contribution in [0.1, 0.15) is 85.0 Å². The fraction of sp³-hybridized carbons (Fsp3) is 0.900. The lowest BCUT2D eigenvalue weighted by atomic mass is 9.80. The Kier molecular flexibility index (Phi) is 5.22. The maximum absolute atomic E-state index is 13.0. The van der Waals surface area contributed by atoms with Gasteiger partial charge in [-0.3, -0.25) is 4.79 Å². The predicted molar refractivity (Wildman–Crippen MR) is 93.8 cm³/mol. The van der Waals surface area contributed by atoms with Crippen molar-refractivity contribution in [1.29, 1.82) is 0 Å². The molecule has 0 N–H and O–H groups in total. The van der Waals surface area contributed by atoms with E-state index in [9.17, 15) is 9.59 Å². The smallest absolute Gasteiger partial charge is 0.410 e. The van der Waals surface area contributed by atoms with Crippen LogP contribution in [0.25, 0.3) is 0 Å². The Bertz CT molecular complexity index is 460. The van der Waals surface area contributed by atoms with Crippen molar-refractivity contribution in [3.8, 4) is 0 Å². The minimum Gasteiger partial charge on any atom is -0.444 e. The van der Waals surface area contributed by atoms with Crippen LogP contribution in [-0.4, -0.2) is 34.5 Å². The second kappa shape index (κ2) is 7.05. The van der Waals surface area contributed by atoms with E-state index in [-0.39, 0.29) is 30.0 Å². The van der Waals surface area contributed by atoms with E-state index in [0.29, 0.717) is 5.78 Å². The highest BCUT2D eigenvalue weighted by Gasteiger charge is 2.47. The van der Waals surface area contributed by atoms with Crippen LogP contribution in [0.5, 0.6) is 0 Å². The van der Waals surface area contributed by atoms with Gasteiger partial charge in [0.1, 0.15) is 11.4 Å². The van der Waals surface area contributed by atoms with Crippen molar-refractivity contribution < 1.29 is 14.3 Å². The molecule has 2 atom stereocenters. The Balaban J connectivity index is 1.62. The number of carbonyl (C=O) groups excluding carboxylic acids is 2. The van der Waals surface area contributed by atoms with E-state index in [4.69, 9.17) is 4.74 Å². The average molecular weight is 335 g/mol. The summed E-state index contributed by atoms with van der Waals surface area (Å²) < 4.78 is 5.59. The van der Waals surface area contributed by atoms with E-state index < -0.39 is 5.60 Å². The molecule has 3 fully saturated rings. The minimum absolute atomic E-state index is 0.171. The first-order valence-corrected chi connectivity index (χ1v) is 9.90. The number of hydrogen-bond donors (Lipinski definition) is 0. The lowest BCUT2D eigenvalue weighted by molar-refractivity contribution is -0.129. The molecule has 24 heavy (non-hydrogen) atoms. The molecule has 0 spiro atoms. The second-order valence-electron chi connectivity index (χ2n) is 9.03. The van der Waals surface area contributed by atoms with Crippen LogP contribution in [0.15, 0.2) is 0 Å². The lowest BCUT2D eigenvalue weighted by Gasteiger charge is -2.39. The van der Waals surface area contributed by atoms with E-state index in [2.05, 4.69) is 0 Å². The summed E-state index contributed by atoms with van der Waals surface area (Å²) >= 11 is 0. The highest BCUT2D eigenvalue weighted by molar-refractivity contribution is 5.84. The number of amides is 1. The number of rotatable bonds is 2. The Morgan fingerprint density at radius 1 is 0.833 bits per heavy atom. The van der Waals surface area contributed by atoms with Crippen molar-refractivity contribution in [1.82, 2.24) is 4.90 Å². The molecule has 4 nitrogen and oxygen atoms in total.